The van der Waals surface area contributed by atoms with E-state index in [1.807, 2.05) is 0 Å². The van der Waals surface area contributed by atoms with Crippen molar-refractivity contribution in [1.82, 2.24) is 20.1 Å². The lowest BCUT2D eigenvalue weighted by Crippen LogP contribution is -2.29. The number of carbonyl (C=O) groups is 2. The Kier molecular flexibility index (Phi) is 4.71. The number of amides is 2. The maximum Gasteiger partial charge on any atom is 0.269 e. The first-order valence-corrected chi connectivity index (χ1v) is 8.50. The van der Waals surface area contributed by atoms with Gasteiger partial charge in [-0.05, 0) is 31.7 Å². The van der Waals surface area contributed by atoms with Gasteiger partial charge < -0.3 is 10.6 Å². The lowest BCUT2D eigenvalue weighted by atomic mass is 10.0. The first-order valence-electron chi connectivity index (χ1n) is 7.68. The molecule has 0 saturated heterocycles. The topological polar surface area (TPSA) is 88.9 Å². The quantitative estimate of drug-likeness (QED) is 0.868. The maximum absolute atomic E-state index is 11.9. The Morgan fingerprint density at radius 2 is 2.17 bits per heavy atom. The lowest BCUT2D eigenvalue weighted by molar-refractivity contribution is -0.116. The fourth-order valence-electron chi connectivity index (χ4n) is 2.56. The minimum Gasteiger partial charge on any atom is -0.350 e. The number of fused-ring (bicyclic) bond motifs is 1. The molecule has 1 aliphatic rings. The Hall–Kier alpha value is -2.22. The van der Waals surface area contributed by atoms with E-state index in [0.29, 0.717) is 10.8 Å². The molecule has 2 amide bonds. The van der Waals surface area contributed by atoms with Gasteiger partial charge >= 0.3 is 0 Å². The van der Waals surface area contributed by atoms with Crippen LogP contribution in [0.2, 0.25) is 0 Å². The van der Waals surface area contributed by atoms with Crippen molar-refractivity contribution in [3.8, 4) is 0 Å². The zero-order valence-corrected chi connectivity index (χ0v) is 13.8. The molecule has 0 aliphatic heterocycles. The highest BCUT2D eigenvalue weighted by Gasteiger charge is 2.16. The zero-order chi connectivity index (χ0) is 16.2. The molecule has 2 heterocycles. The third kappa shape index (κ3) is 3.76. The fourth-order valence-corrected chi connectivity index (χ4v) is 3.63. The van der Waals surface area contributed by atoms with Crippen molar-refractivity contribution in [3.05, 3.63) is 28.5 Å². The molecule has 1 aliphatic carbocycles. The Bertz CT molecular complexity index is 698. The standard InChI is InChI=1S/C15H19N5O2S/c1-20-11(6-9-17-20)14(22)16-8-7-13(21)19-15-18-10-4-2-3-5-12(10)23-15/h6,9H,2-5,7-8H2,1H3,(H,16,22)(H,18,19,21). The van der Waals surface area contributed by atoms with E-state index in [1.165, 1.54) is 22.4 Å². The van der Waals surface area contributed by atoms with Crippen LogP contribution in [-0.2, 0) is 24.7 Å². The second-order valence-electron chi connectivity index (χ2n) is 5.49. The van der Waals surface area contributed by atoms with E-state index >= 15 is 0 Å². The van der Waals surface area contributed by atoms with Gasteiger partial charge in [-0.1, -0.05) is 0 Å². The van der Waals surface area contributed by atoms with Crippen LogP contribution in [0.25, 0.3) is 0 Å². The van der Waals surface area contributed by atoms with Crippen LogP contribution in [0.3, 0.4) is 0 Å². The minimum atomic E-state index is -0.234. The molecule has 8 heteroatoms. The van der Waals surface area contributed by atoms with Crippen LogP contribution in [0.1, 0.15) is 40.3 Å². The molecule has 2 aromatic heterocycles. The van der Waals surface area contributed by atoms with Crippen molar-refractivity contribution in [3.63, 3.8) is 0 Å². The number of hydrogen-bond donors (Lipinski definition) is 2. The third-order valence-corrected chi connectivity index (χ3v) is 4.86. The summed E-state index contributed by atoms with van der Waals surface area (Å²) in [6.07, 6.45) is 6.21. The molecule has 2 N–H and O–H groups in total. The number of aromatic nitrogens is 3. The number of nitrogens with one attached hydrogen (secondary N) is 2. The van der Waals surface area contributed by atoms with Crippen molar-refractivity contribution >= 4 is 28.3 Å². The predicted molar refractivity (Wildman–Crippen MR) is 87.5 cm³/mol. The molecular formula is C15H19N5O2S. The number of anilines is 1. The normalized spacial score (nSPS) is 13.4. The van der Waals surface area contributed by atoms with Crippen molar-refractivity contribution in [2.24, 2.45) is 7.05 Å². The highest BCUT2D eigenvalue weighted by atomic mass is 32.1. The predicted octanol–water partition coefficient (Wildman–Crippen LogP) is 1.51. The van der Waals surface area contributed by atoms with Gasteiger partial charge in [-0.3, -0.25) is 14.3 Å². The molecule has 0 atom stereocenters. The Balaban J connectivity index is 1.45. The molecule has 0 bridgehead atoms. The first-order chi connectivity index (χ1) is 11.1. The van der Waals surface area contributed by atoms with E-state index in [1.54, 1.807) is 30.6 Å². The van der Waals surface area contributed by atoms with Crippen LogP contribution < -0.4 is 10.6 Å². The largest absolute Gasteiger partial charge is 0.350 e. The second-order valence-corrected chi connectivity index (χ2v) is 6.57. The van der Waals surface area contributed by atoms with Gasteiger partial charge in [0.05, 0.1) is 5.69 Å². The minimum absolute atomic E-state index is 0.138. The molecule has 122 valence electrons. The molecule has 0 unspecified atom stereocenters. The molecule has 0 radical (unpaired) electrons. The number of hydrogen-bond acceptors (Lipinski definition) is 5. The fraction of sp³-hybridized carbons (Fsp3) is 0.467. The molecule has 23 heavy (non-hydrogen) atoms. The molecular weight excluding hydrogens is 314 g/mol. The summed E-state index contributed by atoms with van der Waals surface area (Å²) >= 11 is 1.56. The Morgan fingerprint density at radius 1 is 1.35 bits per heavy atom. The van der Waals surface area contributed by atoms with Crippen molar-refractivity contribution < 1.29 is 9.59 Å². The molecule has 3 rings (SSSR count). The highest BCUT2D eigenvalue weighted by molar-refractivity contribution is 7.15. The average molecular weight is 333 g/mol. The van der Waals surface area contributed by atoms with E-state index in [0.717, 1.165) is 18.5 Å². The van der Waals surface area contributed by atoms with Crippen LogP contribution in [-0.4, -0.2) is 33.1 Å². The third-order valence-electron chi connectivity index (χ3n) is 3.78. The van der Waals surface area contributed by atoms with Crippen molar-refractivity contribution in [1.29, 1.82) is 0 Å². The SMILES string of the molecule is Cn1nccc1C(=O)NCCC(=O)Nc1nc2c(s1)CCCC2. The number of thiazole rings is 1. The number of nitrogens with zero attached hydrogens (tertiary/aromatic N) is 3. The van der Waals surface area contributed by atoms with Gasteiger partial charge in [-0.2, -0.15) is 5.10 Å². The van der Waals surface area contributed by atoms with E-state index in [2.05, 4.69) is 20.7 Å². The summed E-state index contributed by atoms with van der Waals surface area (Å²) in [5.41, 5.74) is 1.60. The van der Waals surface area contributed by atoms with E-state index in [9.17, 15) is 9.59 Å². The summed E-state index contributed by atoms with van der Waals surface area (Å²) < 4.78 is 1.50. The van der Waals surface area contributed by atoms with Gasteiger partial charge in [-0.25, -0.2) is 4.98 Å². The summed E-state index contributed by atoms with van der Waals surface area (Å²) in [6.45, 7) is 0.279. The Morgan fingerprint density at radius 3 is 2.91 bits per heavy atom. The zero-order valence-electron chi connectivity index (χ0n) is 13.0. The molecule has 2 aromatic rings. The summed E-state index contributed by atoms with van der Waals surface area (Å²) in [5, 5.41) is 10.1. The van der Waals surface area contributed by atoms with Crippen LogP contribution in [0, 0.1) is 0 Å². The average Bonchev–Trinajstić information content (AvgIpc) is 3.12. The second kappa shape index (κ2) is 6.91. The first kappa shape index (κ1) is 15.7. The molecule has 0 fully saturated rings. The van der Waals surface area contributed by atoms with Gasteiger partial charge in [0.25, 0.3) is 5.91 Å². The summed E-state index contributed by atoms with van der Waals surface area (Å²) in [7, 11) is 1.70. The number of carbonyl (C=O) groups excluding carboxylic acids is 2. The van der Waals surface area contributed by atoms with E-state index in [4.69, 9.17) is 0 Å². The van der Waals surface area contributed by atoms with Crippen LogP contribution in [0.5, 0.6) is 0 Å². The Labute approximate surface area is 138 Å². The number of rotatable bonds is 5. The monoisotopic (exact) mass is 333 g/mol. The van der Waals surface area contributed by atoms with Gasteiger partial charge in [0.15, 0.2) is 5.13 Å². The molecule has 0 spiro atoms. The van der Waals surface area contributed by atoms with E-state index < -0.39 is 0 Å². The summed E-state index contributed by atoms with van der Waals surface area (Å²) in [6, 6.07) is 1.63. The van der Waals surface area contributed by atoms with Crippen LogP contribution in [0.15, 0.2) is 12.3 Å². The number of aryl methyl sites for hydroxylation is 3. The van der Waals surface area contributed by atoms with Gasteiger partial charge in [0.2, 0.25) is 5.91 Å². The van der Waals surface area contributed by atoms with Gasteiger partial charge in [0.1, 0.15) is 5.69 Å². The van der Waals surface area contributed by atoms with Crippen molar-refractivity contribution in [2.45, 2.75) is 32.1 Å². The van der Waals surface area contributed by atoms with Crippen LogP contribution in [0.4, 0.5) is 5.13 Å². The lowest BCUT2D eigenvalue weighted by Gasteiger charge is -2.06. The molecule has 0 saturated carbocycles. The molecule has 7 nitrogen and oxygen atoms in total. The van der Waals surface area contributed by atoms with Gasteiger partial charge in [-0.15, -0.1) is 11.3 Å². The molecule has 0 aromatic carbocycles. The van der Waals surface area contributed by atoms with Crippen LogP contribution >= 0.6 is 11.3 Å². The van der Waals surface area contributed by atoms with E-state index in [-0.39, 0.29) is 24.8 Å². The maximum atomic E-state index is 11.9. The smallest absolute Gasteiger partial charge is 0.269 e. The summed E-state index contributed by atoms with van der Waals surface area (Å²) in [4.78, 5) is 29.6. The summed E-state index contributed by atoms with van der Waals surface area (Å²) in [5.74, 6) is -0.371. The van der Waals surface area contributed by atoms with Gasteiger partial charge in [0, 0.05) is 31.1 Å². The van der Waals surface area contributed by atoms with Crippen molar-refractivity contribution in [2.75, 3.05) is 11.9 Å². The highest BCUT2D eigenvalue weighted by Crippen LogP contribution is 2.29.